The number of hydrogen-bond donors (Lipinski definition) is 0. The van der Waals surface area contributed by atoms with Gasteiger partial charge in [0.15, 0.2) is 0 Å². The van der Waals surface area contributed by atoms with Crippen LogP contribution in [0, 0.1) is 12.8 Å². The van der Waals surface area contributed by atoms with Crippen molar-refractivity contribution in [2.75, 3.05) is 6.61 Å². The predicted octanol–water partition coefficient (Wildman–Crippen LogP) is 1.61. The summed E-state index contributed by atoms with van der Waals surface area (Å²) in [4.78, 5) is 0. The average molecular weight is 166 g/mol. The van der Waals surface area contributed by atoms with Gasteiger partial charge >= 0.3 is 0 Å². The summed E-state index contributed by atoms with van der Waals surface area (Å²) in [7, 11) is 0. The number of rotatable bonds is 1. The summed E-state index contributed by atoms with van der Waals surface area (Å²) < 4.78 is 7.51. The standard InChI is InChI=1S/C9H14N2O/c1-3-8-5-11-9(12-6-8)4-7(2)10-11/h4,8H,3,5-6H2,1-2H3. The molecule has 0 amide bonds. The molecule has 1 aliphatic rings. The van der Waals surface area contributed by atoms with Crippen LogP contribution in [0.15, 0.2) is 6.07 Å². The molecular weight excluding hydrogens is 152 g/mol. The Labute approximate surface area is 72.3 Å². The lowest BCUT2D eigenvalue weighted by Gasteiger charge is -2.22. The molecule has 1 aliphatic heterocycles. The number of fused-ring (bicyclic) bond motifs is 1. The molecule has 0 saturated carbocycles. The maximum atomic E-state index is 5.55. The van der Waals surface area contributed by atoms with Crippen LogP contribution < -0.4 is 4.74 Å². The van der Waals surface area contributed by atoms with Gasteiger partial charge in [0.1, 0.15) is 0 Å². The summed E-state index contributed by atoms with van der Waals surface area (Å²) in [5.74, 6) is 1.56. The van der Waals surface area contributed by atoms with E-state index in [0.717, 1.165) is 24.7 Å². The fourth-order valence-electron chi connectivity index (χ4n) is 1.52. The molecule has 66 valence electrons. The van der Waals surface area contributed by atoms with Crippen molar-refractivity contribution >= 4 is 0 Å². The van der Waals surface area contributed by atoms with Crippen LogP contribution in [0.25, 0.3) is 0 Å². The van der Waals surface area contributed by atoms with Gasteiger partial charge in [0.25, 0.3) is 0 Å². The van der Waals surface area contributed by atoms with Crippen molar-refractivity contribution in [3.63, 3.8) is 0 Å². The van der Waals surface area contributed by atoms with Gasteiger partial charge in [-0.25, -0.2) is 4.68 Å². The van der Waals surface area contributed by atoms with E-state index in [2.05, 4.69) is 12.0 Å². The minimum Gasteiger partial charge on any atom is -0.477 e. The Morgan fingerprint density at radius 1 is 1.75 bits per heavy atom. The van der Waals surface area contributed by atoms with Crippen molar-refractivity contribution in [1.29, 1.82) is 0 Å². The van der Waals surface area contributed by atoms with Crippen molar-refractivity contribution in [2.24, 2.45) is 5.92 Å². The molecule has 0 spiro atoms. The molecule has 0 aliphatic carbocycles. The second-order valence-corrected chi connectivity index (χ2v) is 3.39. The predicted molar refractivity (Wildman–Crippen MR) is 46.2 cm³/mol. The number of ether oxygens (including phenoxy) is 1. The Hall–Kier alpha value is -0.990. The average Bonchev–Trinajstić information content (AvgIpc) is 2.43. The van der Waals surface area contributed by atoms with Crippen LogP contribution in [-0.2, 0) is 6.54 Å². The van der Waals surface area contributed by atoms with E-state index >= 15 is 0 Å². The van der Waals surface area contributed by atoms with Gasteiger partial charge in [0.2, 0.25) is 5.88 Å². The molecular formula is C9H14N2O. The molecule has 0 N–H and O–H groups in total. The van der Waals surface area contributed by atoms with Crippen LogP contribution in [0.2, 0.25) is 0 Å². The zero-order valence-corrected chi connectivity index (χ0v) is 7.58. The minimum atomic E-state index is 0.636. The second kappa shape index (κ2) is 2.81. The monoisotopic (exact) mass is 166 g/mol. The molecule has 1 unspecified atom stereocenters. The topological polar surface area (TPSA) is 27.1 Å². The van der Waals surface area contributed by atoms with Gasteiger partial charge in [-0.2, -0.15) is 5.10 Å². The van der Waals surface area contributed by atoms with Crippen molar-refractivity contribution < 1.29 is 4.74 Å². The number of nitrogens with zero attached hydrogens (tertiary/aromatic N) is 2. The molecule has 0 radical (unpaired) electrons. The molecule has 3 nitrogen and oxygen atoms in total. The van der Waals surface area contributed by atoms with Gasteiger partial charge in [0.05, 0.1) is 18.8 Å². The fraction of sp³-hybridized carbons (Fsp3) is 0.667. The van der Waals surface area contributed by atoms with Crippen LogP contribution in [-0.4, -0.2) is 16.4 Å². The van der Waals surface area contributed by atoms with E-state index in [9.17, 15) is 0 Å². The smallest absolute Gasteiger partial charge is 0.211 e. The Morgan fingerprint density at radius 3 is 3.33 bits per heavy atom. The van der Waals surface area contributed by atoms with Gasteiger partial charge < -0.3 is 4.74 Å². The van der Waals surface area contributed by atoms with Crippen molar-refractivity contribution in [1.82, 2.24) is 9.78 Å². The number of aryl methyl sites for hydroxylation is 1. The van der Waals surface area contributed by atoms with Crippen molar-refractivity contribution in [2.45, 2.75) is 26.8 Å². The zero-order chi connectivity index (χ0) is 8.55. The van der Waals surface area contributed by atoms with Crippen molar-refractivity contribution in [3.8, 4) is 5.88 Å². The van der Waals surface area contributed by atoms with Crippen LogP contribution >= 0.6 is 0 Å². The summed E-state index contributed by atoms with van der Waals surface area (Å²) in [6.45, 7) is 6.05. The third-order valence-electron chi connectivity index (χ3n) is 2.34. The van der Waals surface area contributed by atoms with Crippen molar-refractivity contribution in [3.05, 3.63) is 11.8 Å². The Balaban J connectivity index is 2.22. The molecule has 2 heterocycles. The highest BCUT2D eigenvalue weighted by Gasteiger charge is 2.18. The molecule has 1 atom stereocenters. The van der Waals surface area contributed by atoms with E-state index in [-0.39, 0.29) is 0 Å². The van der Waals surface area contributed by atoms with Crippen LogP contribution in [0.4, 0.5) is 0 Å². The van der Waals surface area contributed by atoms with Crippen LogP contribution in [0.1, 0.15) is 19.0 Å². The summed E-state index contributed by atoms with van der Waals surface area (Å²) in [6, 6.07) is 1.99. The van der Waals surface area contributed by atoms with Gasteiger partial charge in [0, 0.05) is 12.0 Å². The van der Waals surface area contributed by atoms with E-state index in [1.54, 1.807) is 0 Å². The number of aromatic nitrogens is 2. The maximum Gasteiger partial charge on any atom is 0.211 e. The van der Waals surface area contributed by atoms with Crippen LogP contribution in [0.5, 0.6) is 5.88 Å². The molecule has 1 aromatic heterocycles. The Morgan fingerprint density at radius 2 is 2.58 bits per heavy atom. The Kier molecular flexibility index (Phi) is 1.79. The summed E-state index contributed by atoms with van der Waals surface area (Å²) in [6.07, 6.45) is 1.17. The molecule has 2 rings (SSSR count). The highest BCUT2D eigenvalue weighted by Crippen LogP contribution is 2.22. The van der Waals surface area contributed by atoms with E-state index in [1.807, 2.05) is 17.7 Å². The lowest BCUT2D eigenvalue weighted by Crippen LogP contribution is -2.25. The Bertz CT molecular complexity index is 280. The first-order valence-electron chi connectivity index (χ1n) is 4.47. The van der Waals surface area contributed by atoms with E-state index in [4.69, 9.17) is 4.74 Å². The molecule has 12 heavy (non-hydrogen) atoms. The second-order valence-electron chi connectivity index (χ2n) is 3.39. The highest BCUT2D eigenvalue weighted by molar-refractivity contribution is 5.16. The summed E-state index contributed by atoms with van der Waals surface area (Å²) >= 11 is 0. The van der Waals surface area contributed by atoms with Gasteiger partial charge in [-0.1, -0.05) is 6.92 Å². The van der Waals surface area contributed by atoms with Gasteiger partial charge in [-0.15, -0.1) is 0 Å². The molecule has 0 fully saturated rings. The quantitative estimate of drug-likeness (QED) is 0.633. The van der Waals surface area contributed by atoms with Crippen LogP contribution in [0.3, 0.4) is 0 Å². The molecule has 1 aromatic rings. The third-order valence-corrected chi connectivity index (χ3v) is 2.34. The molecule has 3 heteroatoms. The summed E-state index contributed by atoms with van der Waals surface area (Å²) in [5.41, 5.74) is 1.04. The third kappa shape index (κ3) is 1.19. The first-order valence-corrected chi connectivity index (χ1v) is 4.47. The van der Waals surface area contributed by atoms with E-state index in [1.165, 1.54) is 6.42 Å². The zero-order valence-electron chi connectivity index (χ0n) is 7.58. The van der Waals surface area contributed by atoms with E-state index < -0.39 is 0 Å². The fourth-order valence-corrected chi connectivity index (χ4v) is 1.52. The molecule has 0 aromatic carbocycles. The first-order chi connectivity index (χ1) is 5.79. The normalized spacial score (nSPS) is 21.7. The highest BCUT2D eigenvalue weighted by atomic mass is 16.5. The largest absolute Gasteiger partial charge is 0.477 e. The molecule has 0 saturated heterocycles. The maximum absolute atomic E-state index is 5.55. The van der Waals surface area contributed by atoms with E-state index in [0.29, 0.717) is 5.92 Å². The lowest BCUT2D eigenvalue weighted by atomic mass is 10.1. The summed E-state index contributed by atoms with van der Waals surface area (Å²) in [5, 5.41) is 4.34. The lowest BCUT2D eigenvalue weighted by molar-refractivity contribution is 0.161. The minimum absolute atomic E-state index is 0.636. The van der Waals surface area contributed by atoms with Gasteiger partial charge in [-0.3, -0.25) is 0 Å². The first kappa shape index (κ1) is 7.65. The number of hydrogen-bond acceptors (Lipinski definition) is 2. The van der Waals surface area contributed by atoms with Gasteiger partial charge in [-0.05, 0) is 13.3 Å². The molecule has 0 bridgehead atoms. The SMILES string of the molecule is CCC1COc2cc(C)nn2C1.